The first-order valence-corrected chi connectivity index (χ1v) is 13.1. The molecule has 38 heavy (non-hydrogen) atoms. The highest BCUT2D eigenvalue weighted by Gasteiger charge is 2.52. The molecule has 4 atom stereocenters. The summed E-state index contributed by atoms with van der Waals surface area (Å²) in [4.78, 5) is 17.8. The van der Waals surface area contributed by atoms with Gasteiger partial charge in [0.1, 0.15) is 11.5 Å². The first kappa shape index (κ1) is 26.2. The third-order valence-corrected chi connectivity index (χ3v) is 8.31. The van der Waals surface area contributed by atoms with E-state index >= 15 is 0 Å². The summed E-state index contributed by atoms with van der Waals surface area (Å²) < 4.78 is 31.8. The summed E-state index contributed by atoms with van der Waals surface area (Å²) in [6.45, 7) is 8.00. The topological polar surface area (TPSA) is 58.9 Å². The average molecular weight is 518 g/mol. The zero-order valence-electron chi connectivity index (χ0n) is 22.2. The molecule has 0 amide bonds. The Morgan fingerprint density at radius 2 is 1.97 bits per heavy atom. The maximum Gasteiger partial charge on any atom is 0.387 e. The summed E-state index contributed by atoms with van der Waals surface area (Å²) in [7, 11) is 0. The van der Waals surface area contributed by atoms with Gasteiger partial charge in [-0.3, -0.25) is 9.79 Å². The lowest BCUT2D eigenvalue weighted by atomic mass is 9.77. The second-order valence-corrected chi connectivity index (χ2v) is 11.0. The van der Waals surface area contributed by atoms with Crippen molar-refractivity contribution in [3.05, 3.63) is 89.0 Å². The number of aliphatic imine (C=N–C) groups is 1. The van der Waals surface area contributed by atoms with Crippen molar-refractivity contribution >= 4 is 22.8 Å². The standard InChI is InChI=1S/C32H33F2NO3/c1-6-19(11-10-17(2)32(4,5)37)20-12-13-26-24(14-20)29-25-16-23(30(29)35-26)22(18(3)36)15-21-8-7-9-27(28(21)25)38-31(33)34/h6-14,22-23,25,29,31,37H,2,15-16H2,1,3-5H3/b11-10-,19-6+/t22?,23-,25+,29?/m1/s1. The third kappa shape index (κ3) is 4.55. The van der Waals surface area contributed by atoms with Gasteiger partial charge < -0.3 is 9.84 Å². The van der Waals surface area contributed by atoms with Crippen molar-refractivity contribution in [2.24, 2.45) is 16.8 Å². The Labute approximate surface area is 222 Å². The van der Waals surface area contributed by atoms with Crippen LogP contribution in [0.4, 0.5) is 14.5 Å². The first-order chi connectivity index (χ1) is 18.0. The van der Waals surface area contributed by atoms with Crippen molar-refractivity contribution in [1.82, 2.24) is 0 Å². The van der Waals surface area contributed by atoms with Gasteiger partial charge in [0.2, 0.25) is 0 Å². The number of alkyl halides is 2. The highest BCUT2D eigenvalue weighted by Crippen LogP contribution is 2.59. The Hall–Kier alpha value is -3.38. The molecule has 3 aliphatic rings. The Morgan fingerprint density at radius 3 is 2.63 bits per heavy atom. The Balaban J connectivity index is 1.59. The second kappa shape index (κ2) is 9.73. The van der Waals surface area contributed by atoms with Gasteiger partial charge in [0.25, 0.3) is 0 Å². The van der Waals surface area contributed by atoms with Crippen LogP contribution in [-0.4, -0.2) is 28.8 Å². The number of carbonyl (C=O) groups is 1. The van der Waals surface area contributed by atoms with Crippen LogP contribution in [0.1, 0.15) is 68.2 Å². The molecule has 1 N–H and O–H groups in total. The lowest BCUT2D eigenvalue weighted by Crippen LogP contribution is -2.28. The molecule has 2 aliphatic carbocycles. The van der Waals surface area contributed by atoms with Gasteiger partial charge in [0, 0.05) is 34.9 Å². The summed E-state index contributed by atoms with van der Waals surface area (Å²) in [5, 5.41) is 10.2. The van der Waals surface area contributed by atoms with E-state index in [0.717, 1.165) is 39.2 Å². The maximum absolute atomic E-state index is 13.4. The van der Waals surface area contributed by atoms with E-state index in [0.29, 0.717) is 18.4 Å². The number of carbonyl (C=O) groups excluding carboxylic acids is 1. The quantitative estimate of drug-likeness (QED) is 0.392. The van der Waals surface area contributed by atoms with Crippen molar-refractivity contribution in [1.29, 1.82) is 0 Å². The molecule has 2 bridgehead atoms. The molecule has 0 radical (unpaired) electrons. The average Bonchev–Trinajstić information content (AvgIpc) is 3.32. The minimum Gasteiger partial charge on any atom is -0.435 e. The molecule has 5 rings (SSSR count). The van der Waals surface area contributed by atoms with Crippen LogP contribution in [0.15, 0.2) is 71.8 Å². The van der Waals surface area contributed by atoms with E-state index in [9.17, 15) is 18.7 Å². The Bertz CT molecular complexity index is 1400. The van der Waals surface area contributed by atoms with Crippen LogP contribution >= 0.6 is 0 Å². The molecule has 4 nitrogen and oxygen atoms in total. The summed E-state index contributed by atoms with van der Waals surface area (Å²) in [6, 6.07) is 11.4. The molecule has 0 spiro atoms. The Kier molecular flexibility index (Phi) is 6.72. The predicted octanol–water partition coefficient (Wildman–Crippen LogP) is 7.31. The zero-order chi connectivity index (χ0) is 27.4. The normalized spacial score (nSPS) is 24.1. The van der Waals surface area contributed by atoms with Crippen LogP contribution in [0.2, 0.25) is 0 Å². The van der Waals surface area contributed by atoms with E-state index < -0.39 is 12.2 Å². The molecule has 1 heterocycles. The van der Waals surface area contributed by atoms with Gasteiger partial charge in [-0.2, -0.15) is 8.78 Å². The van der Waals surface area contributed by atoms with Crippen LogP contribution in [0.3, 0.4) is 0 Å². The van der Waals surface area contributed by atoms with E-state index in [2.05, 4.69) is 12.6 Å². The zero-order valence-corrected chi connectivity index (χ0v) is 22.2. The molecule has 0 saturated heterocycles. The van der Waals surface area contributed by atoms with E-state index in [1.807, 2.05) is 43.4 Å². The number of halogens is 2. The molecule has 6 heteroatoms. The molecule has 198 valence electrons. The minimum absolute atomic E-state index is 0.0404. The number of benzene rings is 2. The fourth-order valence-electron chi connectivity index (χ4n) is 6.32. The molecule has 0 aromatic heterocycles. The number of nitrogens with zero attached hydrogens (tertiary/aromatic N) is 1. The van der Waals surface area contributed by atoms with Crippen molar-refractivity contribution in [3.8, 4) is 5.75 Å². The van der Waals surface area contributed by atoms with Gasteiger partial charge >= 0.3 is 6.61 Å². The SMILES string of the molecule is C=C(/C=C\C(=C/C)c1ccc2c(c1)C1C(=N2)[C@@H]2C[C@H]1c1c(cccc1OC(F)F)CC2C(C)=O)C(C)(C)O. The Morgan fingerprint density at radius 1 is 1.21 bits per heavy atom. The number of fused-ring (bicyclic) bond motifs is 9. The lowest BCUT2D eigenvalue weighted by molar-refractivity contribution is -0.121. The van der Waals surface area contributed by atoms with Gasteiger partial charge in [-0.15, -0.1) is 0 Å². The highest BCUT2D eigenvalue weighted by molar-refractivity contribution is 6.05. The van der Waals surface area contributed by atoms with Crippen LogP contribution < -0.4 is 4.74 Å². The van der Waals surface area contributed by atoms with Crippen molar-refractivity contribution in [2.45, 2.75) is 64.6 Å². The predicted molar refractivity (Wildman–Crippen MR) is 146 cm³/mol. The number of rotatable bonds is 7. The van der Waals surface area contributed by atoms with Crippen LogP contribution in [-0.2, 0) is 11.2 Å². The largest absolute Gasteiger partial charge is 0.435 e. The second-order valence-electron chi connectivity index (χ2n) is 11.0. The van der Waals surface area contributed by atoms with E-state index in [4.69, 9.17) is 9.73 Å². The van der Waals surface area contributed by atoms with Crippen molar-refractivity contribution in [3.63, 3.8) is 0 Å². The summed E-state index contributed by atoms with van der Waals surface area (Å²) in [6.07, 6.45) is 6.93. The maximum atomic E-state index is 13.4. The molecular weight excluding hydrogens is 484 g/mol. The van der Waals surface area contributed by atoms with Crippen LogP contribution in [0.5, 0.6) is 5.75 Å². The van der Waals surface area contributed by atoms with Crippen LogP contribution in [0, 0.1) is 11.8 Å². The van der Waals surface area contributed by atoms with Gasteiger partial charge in [-0.05, 0) is 86.6 Å². The molecule has 1 saturated carbocycles. The summed E-state index contributed by atoms with van der Waals surface area (Å²) in [5.41, 5.74) is 6.10. The van der Waals surface area contributed by atoms with Crippen molar-refractivity contribution < 1.29 is 23.4 Å². The van der Waals surface area contributed by atoms with E-state index in [-0.39, 0.29) is 35.2 Å². The smallest absolute Gasteiger partial charge is 0.387 e. The number of hydrogen-bond donors (Lipinski definition) is 1. The van der Waals surface area contributed by atoms with Gasteiger partial charge in [-0.1, -0.05) is 43.0 Å². The molecule has 2 aromatic carbocycles. The number of aliphatic hydroxyl groups is 1. The van der Waals surface area contributed by atoms with Gasteiger partial charge in [0.15, 0.2) is 0 Å². The van der Waals surface area contributed by atoms with Crippen LogP contribution in [0.25, 0.3) is 5.57 Å². The summed E-state index contributed by atoms with van der Waals surface area (Å²) >= 11 is 0. The lowest BCUT2D eigenvalue weighted by Gasteiger charge is -2.26. The molecular formula is C32H33F2NO3. The number of ketones is 1. The molecule has 2 aromatic rings. The molecule has 1 fully saturated rings. The number of allylic oxidation sites excluding steroid dienone is 3. The number of Topliss-reactive ketones (excluding diaryl/α,β-unsaturated/α-hetero) is 1. The minimum atomic E-state index is -2.93. The van der Waals surface area contributed by atoms with E-state index in [1.54, 1.807) is 32.9 Å². The highest BCUT2D eigenvalue weighted by atomic mass is 19.3. The summed E-state index contributed by atoms with van der Waals surface area (Å²) in [5.74, 6) is -0.217. The third-order valence-electron chi connectivity index (χ3n) is 8.31. The van der Waals surface area contributed by atoms with E-state index in [1.165, 1.54) is 0 Å². The number of hydrogen-bond acceptors (Lipinski definition) is 4. The van der Waals surface area contributed by atoms with Gasteiger partial charge in [0.05, 0.1) is 11.3 Å². The fraction of sp³-hybridized carbons (Fsp3) is 0.375. The molecule has 2 unspecified atom stereocenters. The first-order valence-electron chi connectivity index (χ1n) is 13.1. The van der Waals surface area contributed by atoms with Gasteiger partial charge in [-0.25, -0.2) is 0 Å². The molecule has 1 aliphatic heterocycles. The van der Waals surface area contributed by atoms with Crippen molar-refractivity contribution in [2.75, 3.05) is 0 Å². The number of ether oxygens (including phenoxy) is 1. The fourth-order valence-corrected chi connectivity index (χ4v) is 6.32. The monoisotopic (exact) mass is 517 g/mol.